The Balaban J connectivity index is 2.37. The Kier molecular flexibility index (Phi) is 3.99. The van der Waals surface area contributed by atoms with Gasteiger partial charge in [0.15, 0.2) is 5.15 Å². The van der Waals surface area contributed by atoms with E-state index in [1.807, 2.05) is 18.7 Å². The fraction of sp³-hybridized carbons (Fsp3) is 0.308. The molecule has 0 saturated carbocycles. The van der Waals surface area contributed by atoms with Crippen LogP contribution in [0.1, 0.15) is 5.69 Å². The van der Waals surface area contributed by atoms with Crippen molar-refractivity contribution >= 4 is 11.6 Å². The number of likely N-dealkylation sites (N-methyl/N-ethyl adjacent to an activating group) is 1. The molecule has 0 atom stereocenters. The highest BCUT2D eigenvalue weighted by Gasteiger charge is 2.13. The first-order valence-corrected chi connectivity index (χ1v) is 6.13. The van der Waals surface area contributed by atoms with Crippen molar-refractivity contribution in [2.24, 2.45) is 7.05 Å². The summed E-state index contributed by atoms with van der Waals surface area (Å²) in [4.78, 5) is 4.34. The maximum atomic E-state index is 12.9. The van der Waals surface area contributed by atoms with E-state index in [0.717, 1.165) is 30.0 Å². The zero-order valence-electron chi connectivity index (χ0n) is 10.4. The highest BCUT2D eigenvalue weighted by molar-refractivity contribution is 6.30. The smallest absolute Gasteiger partial charge is 0.151 e. The number of nitrogens with one attached hydrogen (secondary N) is 1. The van der Waals surface area contributed by atoms with Crippen molar-refractivity contribution in [1.29, 1.82) is 0 Å². The second-order valence-electron chi connectivity index (χ2n) is 4.09. The molecule has 1 aromatic heterocycles. The summed E-state index contributed by atoms with van der Waals surface area (Å²) in [5.74, 6) is 0.501. The highest BCUT2D eigenvalue weighted by Crippen LogP contribution is 2.24. The predicted molar refractivity (Wildman–Crippen MR) is 71.2 cm³/mol. The molecule has 0 amide bonds. The molecule has 5 heteroatoms. The lowest BCUT2D eigenvalue weighted by Crippen LogP contribution is -2.12. The molecular formula is C13H15ClFN3. The summed E-state index contributed by atoms with van der Waals surface area (Å²) >= 11 is 6.13. The van der Waals surface area contributed by atoms with Crippen molar-refractivity contribution in [2.45, 2.75) is 6.42 Å². The van der Waals surface area contributed by atoms with E-state index < -0.39 is 0 Å². The fourth-order valence-corrected chi connectivity index (χ4v) is 2.17. The first-order valence-electron chi connectivity index (χ1n) is 5.75. The number of aromatic nitrogens is 2. The molecular weight excluding hydrogens is 253 g/mol. The molecule has 0 bridgehead atoms. The quantitative estimate of drug-likeness (QED) is 0.923. The summed E-state index contributed by atoms with van der Waals surface area (Å²) in [7, 11) is 3.81. The van der Waals surface area contributed by atoms with Crippen LogP contribution >= 0.6 is 11.6 Å². The van der Waals surface area contributed by atoms with Crippen LogP contribution in [0.4, 0.5) is 4.39 Å². The number of imidazole rings is 1. The Labute approximate surface area is 111 Å². The van der Waals surface area contributed by atoms with E-state index in [4.69, 9.17) is 11.6 Å². The van der Waals surface area contributed by atoms with Gasteiger partial charge in [0.05, 0.1) is 5.69 Å². The van der Waals surface area contributed by atoms with E-state index in [9.17, 15) is 4.39 Å². The summed E-state index contributed by atoms with van der Waals surface area (Å²) in [6, 6.07) is 6.25. The third-order valence-electron chi connectivity index (χ3n) is 2.88. The van der Waals surface area contributed by atoms with Gasteiger partial charge in [-0.1, -0.05) is 11.6 Å². The molecule has 0 aliphatic carbocycles. The molecule has 1 aromatic carbocycles. The van der Waals surface area contributed by atoms with Crippen LogP contribution in [0.25, 0.3) is 11.4 Å². The molecule has 96 valence electrons. The summed E-state index contributed by atoms with van der Waals surface area (Å²) < 4.78 is 14.8. The zero-order valence-corrected chi connectivity index (χ0v) is 11.1. The van der Waals surface area contributed by atoms with Crippen LogP contribution in [0.5, 0.6) is 0 Å². The van der Waals surface area contributed by atoms with Crippen molar-refractivity contribution in [3.63, 3.8) is 0 Å². The third-order valence-corrected chi connectivity index (χ3v) is 3.18. The van der Waals surface area contributed by atoms with Gasteiger partial charge in [-0.15, -0.1) is 0 Å². The molecule has 0 fully saturated rings. The average Bonchev–Trinajstić information content (AvgIpc) is 2.64. The molecule has 2 aromatic rings. The van der Waals surface area contributed by atoms with E-state index in [1.54, 1.807) is 12.1 Å². The van der Waals surface area contributed by atoms with Crippen LogP contribution in [0, 0.1) is 5.82 Å². The highest BCUT2D eigenvalue weighted by atomic mass is 35.5. The van der Waals surface area contributed by atoms with Crippen LogP contribution in [0.2, 0.25) is 5.15 Å². The second kappa shape index (κ2) is 5.50. The van der Waals surface area contributed by atoms with Crippen LogP contribution in [0.15, 0.2) is 24.3 Å². The van der Waals surface area contributed by atoms with Gasteiger partial charge >= 0.3 is 0 Å². The van der Waals surface area contributed by atoms with Crippen LogP contribution in [-0.2, 0) is 13.5 Å². The number of nitrogens with zero attached hydrogens (tertiary/aromatic N) is 2. The van der Waals surface area contributed by atoms with Crippen LogP contribution in [-0.4, -0.2) is 23.1 Å². The molecule has 2 rings (SSSR count). The molecule has 0 saturated heterocycles. The van der Waals surface area contributed by atoms with Crippen LogP contribution in [0.3, 0.4) is 0 Å². The Hall–Kier alpha value is -1.39. The van der Waals surface area contributed by atoms with Gasteiger partial charge in [-0.25, -0.2) is 9.37 Å². The van der Waals surface area contributed by atoms with Gasteiger partial charge < -0.3 is 9.88 Å². The molecule has 0 aliphatic rings. The molecule has 0 spiro atoms. The van der Waals surface area contributed by atoms with Crippen molar-refractivity contribution in [3.8, 4) is 11.4 Å². The number of halogens is 2. The lowest BCUT2D eigenvalue weighted by atomic mass is 10.2. The maximum Gasteiger partial charge on any atom is 0.151 e. The van der Waals surface area contributed by atoms with E-state index in [2.05, 4.69) is 10.3 Å². The molecule has 0 radical (unpaired) electrons. The molecule has 1 heterocycles. The number of benzene rings is 1. The monoisotopic (exact) mass is 267 g/mol. The topological polar surface area (TPSA) is 29.9 Å². The summed E-state index contributed by atoms with van der Waals surface area (Å²) in [5, 5.41) is 3.58. The number of rotatable bonds is 4. The standard InChI is InChI=1S/C13H15ClFN3/c1-16-8-7-11-12(14)17-13(18(11)2)9-3-5-10(15)6-4-9/h3-6,16H,7-8H2,1-2H3. The minimum Gasteiger partial charge on any atom is -0.330 e. The van der Waals surface area contributed by atoms with E-state index in [1.165, 1.54) is 12.1 Å². The molecule has 0 unspecified atom stereocenters. The van der Waals surface area contributed by atoms with Gasteiger partial charge in [-0.3, -0.25) is 0 Å². The van der Waals surface area contributed by atoms with Gasteiger partial charge in [-0.05, 0) is 31.3 Å². The fourth-order valence-electron chi connectivity index (χ4n) is 1.87. The van der Waals surface area contributed by atoms with Crippen molar-refractivity contribution in [1.82, 2.24) is 14.9 Å². The van der Waals surface area contributed by atoms with Crippen LogP contribution < -0.4 is 5.32 Å². The third kappa shape index (κ3) is 2.54. The predicted octanol–water partition coefficient (Wildman–Crippen LogP) is 2.64. The second-order valence-corrected chi connectivity index (χ2v) is 4.45. The minimum absolute atomic E-state index is 0.255. The SMILES string of the molecule is CNCCc1c(Cl)nc(-c2ccc(F)cc2)n1C. The largest absolute Gasteiger partial charge is 0.330 e. The molecule has 3 nitrogen and oxygen atoms in total. The van der Waals surface area contributed by atoms with Crippen molar-refractivity contribution in [3.05, 3.63) is 40.9 Å². The maximum absolute atomic E-state index is 12.9. The lowest BCUT2D eigenvalue weighted by molar-refractivity contribution is 0.628. The van der Waals surface area contributed by atoms with Gasteiger partial charge in [0.1, 0.15) is 11.6 Å². The minimum atomic E-state index is -0.255. The van der Waals surface area contributed by atoms with E-state index in [-0.39, 0.29) is 5.82 Å². The van der Waals surface area contributed by atoms with E-state index in [0.29, 0.717) is 5.15 Å². The molecule has 1 N–H and O–H groups in total. The van der Waals surface area contributed by atoms with Gasteiger partial charge in [0, 0.05) is 25.6 Å². The first-order chi connectivity index (χ1) is 8.63. The Morgan fingerprint density at radius 3 is 2.61 bits per heavy atom. The van der Waals surface area contributed by atoms with Gasteiger partial charge in [-0.2, -0.15) is 0 Å². The van der Waals surface area contributed by atoms with Gasteiger partial charge in [0.25, 0.3) is 0 Å². The summed E-state index contributed by atoms with van der Waals surface area (Å²) in [5.41, 5.74) is 1.84. The Bertz CT molecular complexity index is 534. The van der Waals surface area contributed by atoms with Gasteiger partial charge in [0.2, 0.25) is 0 Å². The molecule has 18 heavy (non-hydrogen) atoms. The average molecular weight is 268 g/mol. The first kappa shape index (κ1) is 13.1. The lowest BCUT2D eigenvalue weighted by Gasteiger charge is -2.06. The molecule has 0 aliphatic heterocycles. The number of hydrogen-bond donors (Lipinski definition) is 1. The summed E-state index contributed by atoms with van der Waals surface area (Å²) in [6.45, 7) is 0.835. The normalized spacial score (nSPS) is 10.9. The van der Waals surface area contributed by atoms with Crippen molar-refractivity contribution < 1.29 is 4.39 Å². The van der Waals surface area contributed by atoms with E-state index >= 15 is 0 Å². The Morgan fingerprint density at radius 1 is 1.33 bits per heavy atom. The number of hydrogen-bond acceptors (Lipinski definition) is 2. The summed E-state index contributed by atoms with van der Waals surface area (Å²) in [6.07, 6.45) is 0.806. The zero-order chi connectivity index (χ0) is 13.1. The van der Waals surface area contributed by atoms with Crippen molar-refractivity contribution in [2.75, 3.05) is 13.6 Å². The Morgan fingerprint density at radius 2 is 2.00 bits per heavy atom.